The number of hydrogen-bond acceptors (Lipinski definition) is 1. The average Bonchev–Trinajstić information content (AvgIpc) is 2.90. The number of aryl methyl sites for hydroxylation is 1. The monoisotopic (exact) mass is 339 g/mol. The van der Waals surface area contributed by atoms with Gasteiger partial charge in [-0.15, -0.1) is 0 Å². The van der Waals surface area contributed by atoms with Gasteiger partial charge in [-0.3, -0.25) is 4.79 Å². The van der Waals surface area contributed by atoms with Crippen molar-refractivity contribution in [1.29, 1.82) is 0 Å². The molecule has 25 heavy (non-hydrogen) atoms. The summed E-state index contributed by atoms with van der Waals surface area (Å²) in [4.78, 5) is 15.5. The predicted molar refractivity (Wildman–Crippen MR) is 93.9 cm³/mol. The van der Waals surface area contributed by atoms with E-state index in [1.54, 1.807) is 0 Å². The molecular weight excluding hydrogens is 313 g/mol. The lowest BCUT2D eigenvalue weighted by atomic mass is 9.52. The first-order chi connectivity index (χ1) is 12.1. The second-order valence-electron chi connectivity index (χ2n) is 9.55. The summed E-state index contributed by atoms with van der Waals surface area (Å²) in [5.74, 6) is 2.33. The lowest BCUT2D eigenvalue weighted by Gasteiger charge is -2.58. The van der Waals surface area contributed by atoms with E-state index in [-0.39, 0.29) is 5.92 Å². The fourth-order valence-electron chi connectivity index (χ4n) is 7.56. The Bertz CT molecular complexity index is 729. The molecule has 0 N–H and O–H groups in total. The Hall–Kier alpha value is -1.38. The minimum absolute atomic E-state index is 0.173. The molecule has 2 nitrogen and oxygen atoms in total. The molecule has 5 fully saturated rings. The molecule has 1 aliphatic heterocycles. The van der Waals surface area contributed by atoms with Crippen molar-refractivity contribution >= 4 is 5.91 Å². The van der Waals surface area contributed by atoms with E-state index in [2.05, 4.69) is 29.2 Å². The van der Waals surface area contributed by atoms with Crippen molar-refractivity contribution in [3.8, 4) is 0 Å². The Morgan fingerprint density at radius 3 is 2.56 bits per heavy atom. The van der Waals surface area contributed by atoms with Gasteiger partial charge in [0.1, 0.15) is 5.67 Å². The highest BCUT2D eigenvalue weighted by molar-refractivity contribution is 5.83. The Balaban J connectivity index is 1.33. The maximum Gasteiger partial charge on any atom is 0.226 e. The minimum Gasteiger partial charge on any atom is -0.338 e. The van der Waals surface area contributed by atoms with Crippen LogP contribution in [0, 0.1) is 23.7 Å². The van der Waals surface area contributed by atoms with E-state index >= 15 is 4.39 Å². The summed E-state index contributed by atoms with van der Waals surface area (Å²) in [6, 6.07) is 9.02. The molecule has 0 spiro atoms. The topological polar surface area (TPSA) is 20.3 Å². The van der Waals surface area contributed by atoms with Crippen LogP contribution in [-0.2, 0) is 11.2 Å². The van der Waals surface area contributed by atoms with Crippen LogP contribution in [0.2, 0.25) is 0 Å². The summed E-state index contributed by atoms with van der Waals surface area (Å²) in [6.07, 6.45) is 6.55. The Morgan fingerprint density at radius 2 is 1.80 bits per heavy atom. The highest BCUT2D eigenvalue weighted by atomic mass is 19.1. The van der Waals surface area contributed by atoms with Crippen LogP contribution in [0.15, 0.2) is 24.3 Å². The number of carbonyl (C=O) groups excluding carboxylic acids is 1. The molecule has 7 rings (SSSR count). The first kappa shape index (κ1) is 14.8. The Morgan fingerprint density at radius 1 is 1.04 bits per heavy atom. The zero-order valence-electron chi connectivity index (χ0n) is 14.7. The summed E-state index contributed by atoms with van der Waals surface area (Å²) >= 11 is 0. The molecule has 5 aliphatic carbocycles. The van der Waals surface area contributed by atoms with Crippen LogP contribution in [0.1, 0.15) is 55.6 Å². The lowest BCUT2D eigenvalue weighted by Crippen LogP contribution is -2.60. The van der Waals surface area contributed by atoms with Crippen LogP contribution in [-0.4, -0.2) is 29.1 Å². The van der Waals surface area contributed by atoms with Gasteiger partial charge in [0.15, 0.2) is 0 Å². The van der Waals surface area contributed by atoms with Crippen LogP contribution in [0.3, 0.4) is 0 Å². The normalized spacial score (nSPS) is 47.1. The van der Waals surface area contributed by atoms with E-state index < -0.39 is 5.67 Å². The van der Waals surface area contributed by atoms with Gasteiger partial charge in [0.05, 0.1) is 0 Å². The number of carbonyl (C=O) groups is 1. The number of rotatable bonds is 1. The molecule has 0 radical (unpaired) electrons. The maximum atomic E-state index is 15.0. The van der Waals surface area contributed by atoms with Crippen LogP contribution in [0.4, 0.5) is 4.39 Å². The molecule has 132 valence electrons. The average molecular weight is 339 g/mol. The molecule has 4 bridgehead atoms. The zero-order chi connectivity index (χ0) is 16.8. The number of likely N-dealkylation sites (tertiary alicyclic amines) is 1. The number of hydrogen-bond donors (Lipinski definition) is 0. The maximum absolute atomic E-state index is 15.0. The lowest BCUT2D eigenvalue weighted by molar-refractivity contribution is -0.151. The molecule has 1 amide bonds. The fraction of sp³-hybridized carbons (Fsp3) is 0.682. The summed E-state index contributed by atoms with van der Waals surface area (Å²) in [5.41, 5.74) is 1.93. The molecular formula is C22H26FNO. The van der Waals surface area contributed by atoms with Gasteiger partial charge in [-0.25, -0.2) is 4.39 Å². The van der Waals surface area contributed by atoms with Crippen LogP contribution in [0.5, 0.6) is 0 Å². The van der Waals surface area contributed by atoms with Crippen molar-refractivity contribution in [2.75, 3.05) is 6.54 Å². The van der Waals surface area contributed by atoms with Crippen LogP contribution < -0.4 is 0 Å². The zero-order valence-corrected chi connectivity index (χ0v) is 14.7. The van der Waals surface area contributed by atoms with Gasteiger partial charge in [0, 0.05) is 24.4 Å². The third-order valence-corrected chi connectivity index (χ3v) is 8.17. The Labute approximate surface area is 148 Å². The predicted octanol–water partition coefficient (Wildman–Crippen LogP) is 4.09. The molecule has 1 aromatic rings. The number of benzene rings is 1. The smallest absolute Gasteiger partial charge is 0.226 e. The van der Waals surface area contributed by atoms with Crippen LogP contribution >= 0.6 is 0 Å². The summed E-state index contributed by atoms with van der Waals surface area (Å²) < 4.78 is 15.0. The SMILES string of the molecule is O=C1C2CCc3ccccc3C2CN1C1C2CC3CC1CC(F)(C3)C2. The van der Waals surface area contributed by atoms with E-state index in [4.69, 9.17) is 0 Å². The van der Waals surface area contributed by atoms with Gasteiger partial charge < -0.3 is 4.90 Å². The van der Waals surface area contributed by atoms with E-state index in [9.17, 15) is 4.79 Å². The summed E-state index contributed by atoms with van der Waals surface area (Å²) in [5, 5.41) is 0. The minimum atomic E-state index is -0.908. The number of amides is 1. The number of fused-ring (bicyclic) bond motifs is 3. The fourth-order valence-corrected chi connectivity index (χ4v) is 7.56. The molecule has 1 heterocycles. The third-order valence-electron chi connectivity index (χ3n) is 8.17. The number of alkyl halides is 1. The van der Waals surface area contributed by atoms with E-state index in [0.717, 1.165) is 38.6 Å². The van der Waals surface area contributed by atoms with Gasteiger partial charge in [-0.2, -0.15) is 0 Å². The van der Waals surface area contributed by atoms with E-state index in [1.807, 2.05) is 0 Å². The van der Waals surface area contributed by atoms with Crippen molar-refractivity contribution in [1.82, 2.24) is 4.90 Å². The first-order valence-corrected chi connectivity index (χ1v) is 10.2. The van der Waals surface area contributed by atoms with Crippen molar-refractivity contribution in [3.63, 3.8) is 0 Å². The van der Waals surface area contributed by atoms with Gasteiger partial charge in [-0.05, 0) is 73.8 Å². The number of nitrogens with zero attached hydrogens (tertiary/aromatic N) is 1. The van der Waals surface area contributed by atoms with Gasteiger partial charge in [0.2, 0.25) is 5.91 Å². The van der Waals surface area contributed by atoms with Crippen molar-refractivity contribution < 1.29 is 9.18 Å². The van der Waals surface area contributed by atoms with Crippen molar-refractivity contribution in [3.05, 3.63) is 35.4 Å². The highest BCUT2D eigenvalue weighted by Gasteiger charge is 2.59. The number of halogens is 1. The van der Waals surface area contributed by atoms with Gasteiger partial charge in [0.25, 0.3) is 0 Å². The molecule has 1 saturated heterocycles. The second kappa shape index (κ2) is 4.86. The summed E-state index contributed by atoms with van der Waals surface area (Å²) in [7, 11) is 0. The van der Waals surface area contributed by atoms with Crippen LogP contribution in [0.25, 0.3) is 0 Å². The molecule has 4 saturated carbocycles. The molecule has 1 aromatic carbocycles. The molecule has 6 aliphatic rings. The van der Waals surface area contributed by atoms with Gasteiger partial charge >= 0.3 is 0 Å². The largest absolute Gasteiger partial charge is 0.338 e. The summed E-state index contributed by atoms with van der Waals surface area (Å²) in [6.45, 7) is 0.877. The molecule has 4 unspecified atom stereocenters. The highest BCUT2D eigenvalue weighted by Crippen LogP contribution is 2.59. The van der Waals surface area contributed by atoms with Gasteiger partial charge in [-0.1, -0.05) is 24.3 Å². The molecule has 0 aromatic heterocycles. The second-order valence-corrected chi connectivity index (χ2v) is 9.55. The molecule has 3 heteroatoms. The quantitative estimate of drug-likeness (QED) is 0.754. The van der Waals surface area contributed by atoms with E-state index in [1.165, 1.54) is 11.1 Å². The first-order valence-electron chi connectivity index (χ1n) is 10.2. The molecule has 4 atom stereocenters. The van der Waals surface area contributed by atoms with Crippen molar-refractivity contribution in [2.45, 2.75) is 62.6 Å². The standard InChI is InChI=1S/C22H26FNO/c23-22-9-13-7-15(10-22)20(16(8-13)11-22)24-12-19-17-4-2-1-3-14(17)5-6-18(19)21(24)25/h1-4,13,15-16,18-20H,5-12H2. The van der Waals surface area contributed by atoms with E-state index in [0.29, 0.717) is 48.5 Å². The Kier molecular flexibility index (Phi) is 2.87. The third kappa shape index (κ3) is 1.98. The van der Waals surface area contributed by atoms with Crippen molar-refractivity contribution in [2.24, 2.45) is 23.7 Å².